The summed E-state index contributed by atoms with van der Waals surface area (Å²) in [7, 11) is 0. The van der Waals surface area contributed by atoms with Crippen molar-refractivity contribution in [1.29, 1.82) is 0 Å². The topological polar surface area (TPSA) is 61.8 Å². The molecule has 0 radical (unpaired) electrons. The molecule has 1 aromatic rings. The normalized spacial score (nSPS) is 22.2. The lowest BCUT2D eigenvalue weighted by Gasteiger charge is -2.30. The molecule has 3 rings (SSSR count). The van der Waals surface area contributed by atoms with Crippen molar-refractivity contribution in [3.05, 3.63) is 23.2 Å². The molecule has 6 heteroatoms. The van der Waals surface area contributed by atoms with Crippen molar-refractivity contribution in [3.8, 4) is 5.75 Å². The van der Waals surface area contributed by atoms with Gasteiger partial charge in [0, 0.05) is 18.8 Å². The fraction of sp³-hybridized carbons (Fsp3) is 0.588. The van der Waals surface area contributed by atoms with Gasteiger partial charge in [-0.05, 0) is 56.7 Å². The number of amides is 2. The summed E-state index contributed by atoms with van der Waals surface area (Å²) in [6.45, 7) is 1.04. The van der Waals surface area contributed by atoms with Crippen molar-refractivity contribution in [3.63, 3.8) is 0 Å². The molecule has 2 N–H and O–H groups in total. The Hall–Kier alpha value is -1.46. The number of nitrogens with one attached hydrogen (secondary N) is 1. The molecule has 126 valence electrons. The summed E-state index contributed by atoms with van der Waals surface area (Å²) < 4.78 is 5.91. The number of ether oxygens (including phenoxy) is 1. The number of nitrogens with zero attached hydrogens (tertiary/aromatic N) is 1. The molecule has 1 heterocycles. The van der Waals surface area contributed by atoms with Crippen LogP contribution in [0.4, 0.5) is 10.5 Å². The monoisotopic (exact) mass is 338 g/mol. The van der Waals surface area contributed by atoms with Gasteiger partial charge in [0.15, 0.2) is 0 Å². The molecule has 1 saturated carbocycles. The van der Waals surface area contributed by atoms with Crippen molar-refractivity contribution in [1.82, 2.24) is 4.90 Å². The molecular weight excluding hydrogens is 316 g/mol. The average Bonchev–Trinajstić information content (AvgIpc) is 3.03. The lowest BCUT2D eigenvalue weighted by molar-refractivity contribution is 0.0883. The van der Waals surface area contributed by atoms with E-state index >= 15 is 0 Å². The number of anilines is 1. The van der Waals surface area contributed by atoms with Crippen LogP contribution < -0.4 is 10.1 Å². The number of aliphatic hydroxyl groups is 1. The second-order valence-corrected chi connectivity index (χ2v) is 6.75. The van der Waals surface area contributed by atoms with Gasteiger partial charge in [0.25, 0.3) is 0 Å². The predicted molar refractivity (Wildman–Crippen MR) is 90.2 cm³/mol. The van der Waals surface area contributed by atoms with E-state index in [1.807, 2.05) is 0 Å². The quantitative estimate of drug-likeness (QED) is 0.884. The van der Waals surface area contributed by atoms with Crippen LogP contribution in [0.25, 0.3) is 0 Å². The SMILES string of the molecule is O=C(Nc1ccc(OC2CCCC2)c(Cl)c1)N1CCCC(O)C1. The Morgan fingerprint density at radius 3 is 2.74 bits per heavy atom. The summed E-state index contributed by atoms with van der Waals surface area (Å²) >= 11 is 6.27. The standard InChI is InChI=1S/C17H23ClN2O3/c18-15-10-12(7-8-16(15)23-14-5-1-2-6-14)19-17(22)20-9-3-4-13(21)11-20/h7-8,10,13-14,21H,1-6,9,11H2,(H,19,22). The van der Waals surface area contributed by atoms with Crippen LogP contribution in [0.2, 0.25) is 5.02 Å². The number of hydrogen-bond acceptors (Lipinski definition) is 3. The number of urea groups is 1. The molecule has 1 unspecified atom stereocenters. The summed E-state index contributed by atoms with van der Waals surface area (Å²) in [4.78, 5) is 13.8. The fourth-order valence-corrected chi connectivity index (χ4v) is 3.43. The van der Waals surface area contributed by atoms with E-state index in [1.54, 1.807) is 23.1 Å². The number of likely N-dealkylation sites (tertiary alicyclic amines) is 1. The number of carbonyl (C=O) groups is 1. The second kappa shape index (κ2) is 7.41. The molecule has 23 heavy (non-hydrogen) atoms. The maximum Gasteiger partial charge on any atom is 0.321 e. The van der Waals surface area contributed by atoms with Crippen molar-refractivity contribution in [2.75, 3.05) is 18.4 Å². The third kappa shape index (κ3) is 4.30. The zero-order valence-electron chi connectivity index (χ0n) is 13.1. The van der Waals surface area contributed by atoms with Crippen LogP contribution in [0, 0.1) is 0 Å². The van der Waals surface area contributed by atoms with E-state index in [0.717, 1.165) is 25.7 Å². The Morgan fingerprint density at radius 2 is 2.04 bits per heavy atom. The van der Waals surface area contributed by atoms with Crippen molar-refractivity contribution in [2.45, 2.75) is 50.7 Å². The zero-order valence-corrected chi connectivity index (χ0v) is 13.9. The highest BCUT2D eigenvalue weighted by atomic mass is 35.5. The van der Waals surface area contributed by atoms with E-state index in [1.165, 1.54) is 12.8 Å². The zero-order chi connectivity index (χ0) is 16.2. The lowest BCUT2D eigenvalue weighted by atomic mass is 10.1. The average molecular weight is 339 g/mol. The lowest BCUT2D eigenvalue weighted by Crippen LogP contribution is -2.44. The van der Waals surface area contributed by atoms with Crippen LogP contribution in [0.5, 0.6) is 5.75 Å². The van der Waals surface area contributed by atoms with Crippen LogP contribution in [-0.2, 0) is 0 Å². The van der Waals surface area contributed by atoms with Crippen molar-refractivity contribution >= 4 is 23.3 Å². The molecular formula is C17H23ClN2O3. The third-order valence-corrected chi connectivity index (χ3v) is 4.76. The number of β-amino-alcohol motifs (C(OH)–C–C–N with tert-alkyl or cyclic N) is 1. The highest BCUT2D eigenvalue weighted by molar-refractivity contribution is 6.32. The Morgan fingerprint density at radius 1 is 1.26 bits per heavy atom. The summed E-state index contributed by atoms with van der Waals surface area (Å²) in [6, 6.07) is 5.11. The van der Waals surface area contributed by atoms with Gasteiger partial charge in [-0.3, -0.25) is 0 Å². The Labute approximate surface area is 141 Å². The van der Waals surface area contributed by atoms with E-state index in [4.69, 9.17) is 16.3 Å². The minimum Gasteiger partial charge on any atom is -0.489 e. The molecule has 1 aliphatic carbocycles. The maximum atomic E-state index is 12.2. The van der Waals surface area contributed by atoms with E-state index in [-0.39, 0.29) is 12.1 Å². The molecule has 5 nitrogen and oxygen atoms in total. The summed E-state index contributed by atoms with van der Waals surface area (Å²) in [5.74, 6) is 0.671. The van der Waals surface area contributed by atoms with E-state index in [9.17, 15) is 9.90 Å². The van der Waals surface area contributed by atoms with Gasteiger partial charge in [0.2, 0.25) is 0 Å². The van der Waals surface area contributed by atoms with Crippen LogP contribution in [0.3, 0.4) is 0 Å². The number of benzene rings is 1. The van der Waals surface area contributed by atoms with E-state index < -0.39 is 6.10 Å². The Kier molecular flexibility index (Phi) is 5.28. The number of hydrogen-bond donors (Lipinski definition) is 2. The van der Waals surface area contributed by atoms with Crippen molar-refractivity contribution < 1.29 is 14.6 Å². The first-order valence-corrected chi connectivity index (χ1v) is 8.70. The second-order valence-electron chi connectivity index (χ2n) is 6.34. The fourth-order valence-electron chi connectivity index (χ4n) is 3.20. The molecule has 2 fully saturated rings. The molecule has 0 aromatic heterocycles. The number of halogens is 1. The highest BCUT2D eigenvalue weighted by Crippen LogP contribution is 2.31. The number of carbonyl (C=O) groups excluding carboxylic acids is 1. The first-order valence-electron chi connectivity index (χ1n) is 8.32. The molecule has 1 aliphatic heterocycles. The minimum atomic E-state index is -0.430. The van der Waals surface area contributed by atoms with Gasteiger partial charge in [-0.25, -0.2) is 4.79 Å². The Bertz CT molecular complexity index is 561. The van der Waals surface area contributed by atoms with Gasteiger partial charge in [0.1, 0.15) is 5.75 Å². The van der Waals surface area contributed by atoms with Gasteiger partial charge in [-0.1, -0.05) is 11.6 Å². The largest absolute Gasteiger partial charge is 0.489 e. The number of piperidine rings is 1. The van der Waals surface area contributed by atoms with Gasteiger partial charge < -0.3 is 20.1 Å². The summed E-state index contributed by atoms with van der Waals surface area (Å²) in [6.07, 6.45) is 5.96. The summed E-state index contributed by atoms with van der Waals surface area (Å²) in [5, 5.41) is 13.0. The smallest absolute Gasteiger partial charge is 0.321 e. The van der Waals surface area contributed by atoms with Crippen LogP contribution in [0.1, 0.15) is 38.5 Å². The summed E-state index contributed by atoms with van der Waals surface area (Å²) in [5.41, 5.74) is 0.638. The van der Waals surface area contributed by atoms with Crippen molar-refractivity contribution in [2.24, 2.45) is 0 Å². The van der Waals surface area contributed by atoms with E-state index in [2.05, 4.69) is 5.32 Å². The maximum absolute atomic E-state index is 12.2. The van der Waals surface area contributed by atoms with Crippen LogP contribution in [0.15, 0.2) is 18.2 Å². The predicted octanol–water partition coefficient (Wildman–Crippen LogP) is 3.65. The van der Waals surface area contributed by atoms with Gasteiger partial charge >= 0.3 is 6.03 Å². The highest BCUT2D eigenvalue weighted by Gasteiger charge is 2.22. The molecule has 0 bridgehead atoms. The number of aliphatic hydroxyl groups excluding tert-OH is 1. The molecule has 0 spiro atoms. The molecule has 2 amide bonds. The third-order valence-electron chi connectivity index (χ3n) is 4.46. The van der Waals surface area contributed by atoms with Gasteiger partial charge in [0.05, 0.1) is 17.2 Å². The number of rotatable bonds is 3. The first-order chi connectivity index (χ1) is 11.1. The molecule has 1 atom stereocenters. The molecule has 1 aromatic carbocycles. The molecule has 1 saturated heterocycles. The van der Waals surface area contributed by atoms with Crippen LogP contribution in [-0.4, -0.2) is 41.3 Å². The van der Waals surface area contributed by atoms with Gasteiger partial charge in [-0.2, -0.15) is 0 Å². The van der Waals surface area contributed by atoms with Gasteiger partial charge in [-0.15, -0.1) is 0 Å². The van der Waals surface area contributed by atoms with Crippen LogP contribution >= 0.6 is 11.6 Å². The Balaban J connectivity index is 1.59. The molecule has 2 aliphatic rings. The first kappa shape index (κ1) is 16.4. The van der Waals surface area contributed by atoms with E-state index in [0.29, 0.717) is 29.5 Å². The minimum absolute atomic E-state index is 0.204.